The Morgan fingerprint density at radius 2 is 1.76 bits per heavy atom. The molecular weight excluding hydrogens is 462 g/mol. The molecule has 4 rings (SSSR count). The van der Waals surface area contributed by atoms with Gasteiger partial charge in [0.05, 0.1) is 30.8 Å². The number of amides is 2. The fraction of sp³-hybridized carbons (Fsp3) is 0.478. The van der Waals surface area contributed by atoms with Gasteiger partial charge in [-0.2, -0.15) is 4.31 Å². The summed E-state index contributed by atoms with van der Waals surface area (Å²) in [4.78, 5) is 27.3. The highest BCUT2D eigenvalue weighted by molar-refractivity contribution is 7.89. The molecule has 0 saturated carbocycles. The van der Waals surface area contributed by atoms with Gasteiger partial charge in [0.15, 0.2) is 5.76 Å². The summed E-state index contributed by atoms with van der Waals surface area (Å²) in [6.45, 7) is 3.84. The van der Waals surface area contributed by atoms with Crippen LogP contribution in [0.1, 0.15) is 39.5 Å². The van der Waals surface area contributed by atoms with Gasteiger partial charge in [-0.15, -0.1) is 0 Å². The smallest absolute Gasteiger partial charge is 0.287 e. The largest absolute Gasteiger partial charge is 0.496 e. The molecule has 1 N–H and O–H groups in total. The lowest BCUT2D eigenvalue weighted by atomic mass is 10.0. The number of sulfonamides is 1. The number of morpholine rings is 1. The molecule has 1 aromatic carbocycles. The second kappa shape index (κ2) is 10.2. The van der Waals surface area contributed by atoms with Crippen molar-refractivity contribution >= 4 is 21.8 Å². The van der Waals surface area contributed by atoms with E-state index in [2.05, 4.69) is 5.32 Å². The van der Waals surface area contributed by atoms with Gasteiger partial charge in [0.25, 0.3) is 11.8 Å². The number of ether oxygens (including phenoxy) is 2. The highest BCUT2D eigenvalue weighted by atomic mass is 32.2. The van der Waals surface area contributed by atoms with Crippen LogP contribution in [0.5, 0.6) is 5.75 Å². The molecule has 2 saturated heterocycles. The summed E-state index contributed by atoms with van der Waals surface area (Å²) in [5, 5.41) is 2.95. The van der Waals surface area contributed by atoms with Crippen molar-refractivity contribution in [3.63, 3.8) is 0 Å². The highest BCUT2D eigenvalue weighted by Gasteiger charge is 2.30. The lowest BCUT2D eigenvalue weighted by molar-refractivity contribution is 0.0691. The molecule has 2 aliphatic heterocycles. The lowest BCUT2D eigenvalue weighted by Gasteiger charge is -2.32. The molecule has 10 nitrogen and oxygen atoms in total. The zero-order valence-corrected chi connectivity index (χ0v) is 20.1. The SMILES string of the molecule is COc1ccc(S(=O)(=O)N2CCOCC2)cc1C(=O)N1CCC(NC(=O)c2ccc(C)o2)CC1. The van der Waals surface area contributed by atoms with Crippen molar-refractivity contribution in [2.75, 3.05) is 46.5 Å². The quantitative estimate of drug-likeness (QED) is 0.653. The van der Waals surface area contributed by atoms with Crippen molar-refractivity contribution in [1.29, 1.82) is 0 Å². The Morgan fingerprint density at radius 1 is 1.06 bits per heavy atom. The second-order valence-electron chi connectivity index (χ2n) is 8.33. The van der Waals surface area contributed by atoms with Crippen molar-refractivity contribution in [3.05, 3.63) is 47.4 Å². The molecule has 3 heterocycles. The average Bonchev–Trinajstić information content (AvgIpc) is 3.30. The van der Waals surface area contributed by atoms with E-state index >= 15 is 0 Å². The summed E-state index contributed by atoms with van der Waals surface area (Å²) in [6, 6.07) is 7.64. The first-order chi connectivity index (χ1) is 16.3. The van der Waals surface area contributed by atoms with Crippen LogP contribution in [0.4, 0.5) is 0 Å². The molecule has 0 spiro atoms. The van der Waals surface area contributed by atoms with E-state index < -0.39 is 10.0 Å². The van der Waals surface area contributed by atoms with Crippen LogP contribution in [-0.4, -0.2) is 82.0 Å². The fourth-order valence-corrected chi connectivity index (χ4v) is 5.60. The maximum Gasteiger partial charge on any atom is 0.287 e. The van der Waals surface area contributed by atoms with Crippen molar-refractivity contribution in [2.45, 2.75) is 30.7 Å². The zero-order chi connectivity index (χ0) is 24.3. The predicted octanol–water partition coefficient (Wildman–Crippen LogP) is 1.65. The van der Waals surface area contributed by atoms with Crippen LogP contribution in [0.3, 0.4) is 0 Å². The number of nitrogens with one attached hydrogen (secondary N) is 1. The van der Waals surface area contributed by atoms with E-state index in [1.165, 1.54) is 29.6 Å². The Morgan fingerprint density at radius 3 is 2.38 bits per heavy atom. The summed E-state index contributed by atoms with van der Waals surface area (Å²) in [6.07, 6.45) is 1.15. The number of nitrogens with zero attached hydrogens (tertiary/aromatic N) is 2. The van der Waals surface area contributed by atoms with Gasteiger partial charge < -0.3 is 24.1 Å². The number of likely N-dealkylation sites (tertiary alicyclic amines) is 1. The Labute approximate surface area is 198 Å². The van der Waals surface area contributed by atoms with Crippen LogP contribution >= 0.6 is 0 Å². The molecule has 34 heavy (non-hydrogen) atoms. The van der Waals surface area contributed by atoms with Gasteiger partial charge in [0, 0.05) is 32.2 Å². The number of hydrogen-bond donors (Lipinski definition) is 1. The molecule has 11 heteroatoms. The molecule has 0 bridgehead atoms. The molecule has 2 aromatic rings. The third-order valence-electron chi connectivity index (χ3n) is 6.09. The Kier molecular flexibility index (Phi) is 7.24. The minimum Gasteiger partial charge on any atom is -0.496 e. The van der Waals surface area contributed by atoms with E-state index in [-0.39, 0.29) is 47.2 Å². The molecule has 1 aromatic heterocycles. The number of rotatable bonds is 6. The standard InChI is InChI=1S/C23H29N3O7S/c1-16-3-5-21(33-16)22(27)24-17-7-9-25(10-8-17)23(28)19-15-18(4-6-20(19)31-2)34(29,30)26-11-13-32-14-12-26/h3-6,15,17H,7-14H2,1-2H3,(H,24,27). The van der Waals surface area contributed by atoms with E-state index in [1.807, 2.05) is 0 Å². The van der Waals surface area contributed by atoms with Crippen molar-refractivity contribution in [1.82, 2.24) is 14.5 Å². The Bertz CT molecular complexity index is 1150. The van der Waals surface area contributed by atoms with Crippen LogP contribution in [0.25, 0.3) is 0 Å². The number of aryl methyl sites for hydroxylation is 1. The van der Waals surface area contributed by atoms with E-state index in [0.717, 1.165) is 0 Å². The fourth-order valence-electron chi connectivity index (χ4n) is 4.16. The average molecular weight is 492 g/mol. The normalized spacial score (nSPS) is 18.0. The topological polar surface area (TPSA) is 118 Å². The minimum atomic E-state index is -3.75. The van der Waals surface area contributed by atoms with Crippen molar-refractivity contribution < 1.29 is 31.9 Å². The number of methoxy groups -OCH3 is 1. The van der Waals surface area contributed by atoms with E-state index in [0.29, 0.717) is 50.7 Å². The van der Waals surface area contributed by atoms with Gasteiger partial charge in [0.1, 0.15) is 11.5 Å². The molecular formula is C23H29N3O7S. The molecule has 2 aliphatic rings. The van der Waals surface area contributed by atoms with Gasteiger partial charge in [-0.05, 0) is 50.1 Å². The number of carbonyl (C=O) groups is 2. The Hall–Kier alpha value is -2.89. The number of benzene rings is 1. The zero-order valence-electron chi connectivity index (χ0n) is 19.3. The Balaban J connectivity index is 1.44. The summed E-state index contributed by atoms with van der Waals surface area (Å²) >= 11 is 0. The maximum absolute atomic E-state index is 13.3. The second-order valence-corrected chi connectivity index (χ2v) is 10.3. The predicted molar refractivity (Wildman–Crippen MR) is 122 cm³/mol. The molecule has 0 aliphatic carbocycles. The molecule has 2 amide bonds. The van der Waals surface area contributed by atoms with Gasteiger partial charge in [-0.3, -0.25) is 9.59 Å². The highest BCUT2D eigenvalue weighted by Crippen LogP contribution is 2.27. The van der Waals surface area contributed by atoms with Crippen molar-refractivity contribution in [2.24, 2.45) is 0 Å². The lowest BCUT2D eigenvalue weighted by Crippen LogP contribution is -2.46. The third kappa shape index (κ3) is 5.11. The van der Waals surface area contributed by atoms with Gasteiger partial charge in [-0.1, -0.05) is 0 Å². The first-order valence-electron chi connectivity index (χ1n) is 11.2. The number of piperidine rings is 1. The van der Waals surface area contributed by atoms with Crippen LogP contribution in [0.15, 0.2) is 39.6 Å². The van der Waals surface area contributed by atoms with Crippen molar-refractivity contribution in [3.8, 4) is 5.75 Å². The monoisotopic (exact) mass is 491 g/mol. The van der Waals surface area contributed by atoms with Gasteiger partial charge in [-0.25, -0.2) is 8.42 Å². The summed E-state index contributed by atoms with van der Waals surface area (Å²) in [5.41, 5.74) is 0.199. The number of furan rings is 1. The first-order valence-corrected chi connectivity index (χ1v) is 12.7. The summed E-state index contributed by atoms with van der Waals surface area (Å²) in [5.74, 6) is 0.661. The molecule has 184 valence electrons. The molecule has 0 radical (unpaired) electrons. The van der Waals surface area contributed by atoms with E-state index in [1.54, 1.807) is 24.0 Å². The minimum absolute atomic E-state index is 0.0504. The summed E-state index contributed by atoms with van der Waals surface area (Å²) < 4.78 is 43.4. The molecule has 0 unspecified atom stereocenters. The van der Waals surface area contributed by atoms with Crippen LogP contribution in [0, 0.1) is 6.92 Å². The maximum atomic E-state index is 13.3. The van der Waals surface area contributed by atoms with Gasteiger partial charge in [0.2, 0.25) is 10.0 Å². The van der Waals surface area contributed by atoms with E-state index in [9.17, 15) is 18.0 Å². The first kappa shape index (κ1) is 24.2. The van der Waals surface area contributed by atoms with E-state index in [4.69, 9.17) is 13.9 Å². The summed E-state index contributed by atoms with van der Waals surface area (Å²) in [7, 11) is -2.31. The molecule has 0 atom stereocenters. The number of carbonyl (C=O) groups excluding carboxylic acids is 2. The van der Waals surface area contributed by atoms with Gasteiger partial charge >= 0.3 is 0 Å². The van der Waals surface area contributed by atoms with Crippen LogP contribution in [-0.2, 0) is 14.8 Å². The van der Waals surface area contributed by atoms with Crippen LogP contribution in [0.2, 0.25) is 0 Å². The number of hydrogen-bond acceptors (Lipinski definition) is 7. The van der Waals surface area contributed by atoms with Crippen LogP contribution < -0.4 is 10.1 Å². The third-order valence-corrected chi connectivity index (χ3v) is 7.99. The molecule has 2 fully saturated rings.